The molecule has 2 fully saturated rings. The van der Waals surface area contributed by atoms with E-state index in [9.17, 15) is 13.2 Å². The van der Waals surface area contributed by atoms with E-state index < -0.39 is 16.0 Å². The zero-order valence-electron chi connectivity index (χ0n) is 11.3. The number of carboxylic acids is 1. The Morgan fingerprint density at radius 1 is 1.29 bits per heavy atom. The molecule has 2 aliphatic rings. The molecule has 0 atom stereocenters. The monoisotopic (exact) mass is 329 g/mol. The van der Waals surface area contributed by atoms with Crippen molar-refractivity contribution in [2.75, 3.05) is 6.54 Å². The molecule has 0 spiro atoms. The van der Waals surface area contributed by atoms with Gasteiger partial charge in [0.2, 0.25) is 10.0 Å². The summed E-state index contributed by atoms with van der Waals surface area (Å²) < 4.78 is 27.0. The third-order valence-corrected chi connectivity index (χ3v) is 6.11. The van der Waals surface area contributed by atoms with Gasteiger partial charge in [0.05, 0.1) is 15.5 Å². The maximum absolute atomic E-state index is 12.8. The van der Waals surface area contributed by atoms with Crippen LogP contribution in [0.5, 0.6) is 0 Å². The molecule has 0 unspecified atom stereocenters. The molecule has 7 heteroatoms. The highest BCUT2D eigenvalue weighted by molar-refractivity contribution is 7.89. The first-order valence-electron chi connectivity index (χ1n) is 6.94. The Hall–Kier alpha value is -1.11. The van der Waals surface area contributed by atoms with Gasteiger partial charge in [-0.25, -0.2) is 13.2 Å². The van der Waals surface area contributed by atoms with Crippen molar-refractivity contribution >= 4 is 27.6 Å². The van der Waals surface area contributed by atoms with E-state index in [1.165, 1.54) is 12.1 Å². The van der Waals surface area contributed by atoms with E-state index in [-0.39, 0.29) is 21.5 Å². The molecule has 21 heavy (non-hydrogen) atoms. The van der Waals surface area contributed by atoms with Crippen LogP contribution >= 0.6 is 11.6 Å². The van der Waals surface area contributed by atoms with Crippen LogP contribution in [0.15, 0.2) is 23.1 Å². The number of sulfonamides is 1. The van der Waals surface area contributed by atoms with E-state index in [0.717, 1.165) is 31.7 Å². The topological polar surface area (TPSA) is 74.7 Å². The summed E-state index contributed by atoms with van der Waals surface area (Å²) in [5.74, 6) is -0.774. The van der Waals surface area contributed by atoms with E-state index in [1.807, 2.05) is 0 Å². The molecule has 5 nitrogen and oxygen atoms in total. The summed E-state index contributed by atoms with van der Waals surface area (Å²) in [6.45, 7) is 0.540. The fourth-order valence-electron chi connectivity index (χ4n) is 2.33. The van der Waals surface area contributed by atoms with E-state index in [0.29, 0.717) is 12.5 Å². The number of carboxylic acid groups (broad SMARTS) is 1. The number of nitrogens with zero attached hydrogens (tertiary/aromatic N) is 1. The molecule has 0 amide bonds. The van der Waals surface area contributed by atoms with Crippen LogP contribution in [0.2, 0.25) is 5.02 Å². The molecule has 1 aromatic carbocycles. The molecule has 2 saturated carbocycles. The Morgan fingerprint density at radius 3 is 2.48 bits per heavy atom. The van der Waals surface area contributed by atoms with Crippen molar-refractivity contribution in [1.29, 1.82) is 0 Å². The number of hydrogen-bond acceptors (Lipinski definition) is 3. The molecule has 1 aromatic rings. The number of halogens is 1. The number of carbonyl (C=O) groups is 1. The highest BCUT2D eigenvalue weighted by Gasteiger charge is 2.41. The lowest BCUT2D eigenvalue weighted by atomic mass is 10.2. The summed E-state index contributed by atoms with van der Waals surface area (Å²) in [6, 6.07) is 3.94. The minimum atomic E-state index is -3.65. The van der Waals surface area contributed by atoms with Crippen LogP contribution in [0.4, 0.5) is 0 Å². The third-order valence-electron chi connectivity index (χ3n) is 3.86. The predicted molar refractivity (Wildman–Crippen MR) is 78.0 cm³/mol. The van der Waals surface area contributed by atoms with Gasteiger partial charge in [-0.3, -0.25) is 0 Å². The Bertz CT molecular complexity index is 680. The van der Waals surface area contributed by atoms with Gasteiger partial charge >= 0.3 is 5.97 Å². The summed E-state index contributed by atoms with van der Waals surface area (Å²) in [6.07, 6.45) is 3.90. The Kier molecular flexibility index (Phi) is 3.71. The van der Waals surface area contributed by atoms with Crippen molar-refractivity contribution in [2.45, 2.75) is 36.6 Å². The molecule has 0 aliphatic heterocycles. The van der Waals surface area contributed by atoms with Crippen molar-refractivity contribution in [2.24, 2.45) is 5.92 Å². The van der Waals surface area contributed by atoms with Gasteiger partial charge in [0.1, 0.15) is 0 Å². The van der Waals surface area contributed by atoms with Crippen LogP contribution in [0.1, 0.15) is 36.0 Å². The number of rotatable bonds is 6. The van der Waals surface area contributed by atoms with Gasteiger partial charge in [0, 0.05) is 12.6 Å². The lowest BCUT2D eigenvalue weighted by molar-refractivity contribution is 0.0697. The van der Waals surface area contributed by atoms with Crippen molar-refractivity contribution in [3.05, 3.63) is 28.8 Å². The minimum absolute atomic E-state index is 0.0110. The van der Waals surface area contributed by atoms with Crippen LogP contribution in [-0.4, -0.2) is 36.4 Å². The fraction of sp³-hybridized carbons (Fsp3) is 0.500. The quantitative estimate of drug-likeness (QED) is 0.870. The van der Waals surface area contributed by atoms with Gasteiger partial charge < -0.3 is 5.11 Å². The van der Waals surface area contributed by atoms with Gasteiger partial charge in [0.25, 0.3) is 0 Å². The summed E-state index contributed by atoms with van der Waals surface area (Å²) >= 11 is 5.80. The van der Waals surface area contributed by atoms with Crippen LogP contribution in [-0.2, 0) is 10.0 Å². The molecule has 0 heterocycles. The minimum Gasteiger partial charge on any atom is -0.478 e. The standard InChI is InChI=1S/C14H16ClNO4S/c15-13-6-5-11(7-12(13)14(17)18)21(19,20)16(10-3-4-10)8-9-1-2-9/h5-7,9-10H,1-4,8H2,(H,17,18). The molecular formula is C14H16ClNO4S. The van der Waals surface area contributed by atoms with Gasteiger partial charge in [-0.05, 0) is 49.8 Å². The zero-order valence-corrected chi connectivity index (χ0v) is 12.9. The van der Waals surface area contributed by atoms with E-state index in [1.54, 1.807) is 4.31 Å². The molecule has 0 bridgehead atoms. The van der Waals surface area contributed by atoms with Crippen LogP contribution in [0.3, 0.4) is 0 Å². The van der Waals surface area contributed by atoms with Gasteiger partial charge in [-0.1, -0.05) is 11.6 Å². The summed E-state index contributed by atoms with van der Waals surface area (Å²) in [5, 5.41) is 9.12. The first kappa shape index (κ1) is 14.8. The number of benzene rings is 1. The second-order valence-electron chi connectivity index (χ2n) is 5.70. The highest BCUT2D eigenvalue weighted by Crippen LogP contribution is 2.38. The third kappa shape index (κ3) is 3.07. The number of hydrogen-bond donors (Lipinski definition) is 1. The maximum atomic E-state index is 12.8. The molecule has 3 rings (SSSR count). The Morgan fingerprint density at radius 2 is 1.95 bits per heavy atom. The van der Waals surface area contributed by atoms with E-state index in [2.05, 4.69) is 0 Å². The summed E-state index contributed by atoms with van der Waals surface area (Å²) in [5.41, 5.74) is -0.181. The lowest BCUT2D eigenvalue weighted by Crippen LogP contribution is -2.35. The molecule has 0 saturated heterocycles. The maximum Gasteiger partial charge on any atom is 0.337 e. The SMILES string of the molecule is O=C(O)c1cc(S(=O)(=O)N(CC2CC2)C2CC2)ccc1Cl. The summed E-state index contributed by atoms with van der Waals surface area (Å²) in [7, 11) is -3.65. The zero-order chi connectivity index (χ0) is 15.2. The Balaban J connectivity index is 1.96. The van der Waals surface area contributed by atoms with Gasteiger partial charge in [0.15, 0.2) is 0 Å². The molecule has 1 N–H and O–H groups in total. The van der Waals surface area contributed by atoms with Crippen molar-refractivity contribution in [3.63, 3.8) is 0 Å². The molecule has 0 radical (unpaired) electrons. The van der Waals surface area contributed by atoms with Gasteiger partial charge in [-0.15, -0.1) is 0 Å². The Labute approximate surface area is 128 Å². The predicted octanol–water partition coefficient (Wildman–Crippen LogP) is 2.60. The van der Waals surface area contributed by atoms with E-state index >= 15 is 0 Å². The fourth-order valence-corrected chi connectivity index (χ4v) is 4.31. The molecule has 114 valence electrons. The average Bonchev–Trinajstić information content (AvgIpc) is 3.28. The second-order valence-corrected chi connectivity index (χ2v) is 7.99. The highest BCUT2D eigenvalue weighted by atomic mass is 35.5. The van der Waals surface area contributed by atoms with Gasteiger partial charge in [-0.2, -0.15) is 4.31 Å². The number of aromatic carboxylic acids is 1. The smallest absolute Gasteiger partial charge is 0.337 e. The molecule has 0 aromatic heterocycles. The normalized spacial score (nSPS) is 19.0. The van der Waals surface area contributed by atoms with Crippen molar-refractivity contribution < 1.29 is 18.3 Å². The van der Waals surface area contributed by atoms with Crippen LogP contribution in [0, 0.1) is 5.92 Å². The lowest BCUT2D eigenvalue weighted by Gasteiger charge is -2.22. The average molecular weight is 330 g/mol. The first-order chi connectivity index (χ1) is 9.89. The van der Waals surface area contributed by atoms with Crippen LogP contribution in [0.25, 0.3) is 0 Å². The van der Waals surface area contributed by atoms with Crippen molar-refractivity contribution in [1.82, 2.24) is 4.31 Å². The van der Waals surface area contributed by atoms with Crippen LogP contribution < -0.4 is 0 Å². The molecule has 2 aliphatic carbocycles. The first-order valence-corrected chi connectivity index (χ1v) is 8.76. The summed E-state index contributed by atoms with van der Waals surface area (Å²) in [4.78, 5) is 11.1. The van der Waals surface area contributed by atoms with Crippen molar-refractivity contribution in [3.8, 4) is 0 Å². The second kappa shape index (κ2) is 5.26. The molecular weight excluding hydrogens is 314 g/mol. The largest absolute Gasteiger partial charge is 0.478 e. The van der Waals surface area contributed by atoms with E-state index in [4.69, 9.17) is 16.7 Å².